The van der Waals surface area contributed by atoms with Crippen LogP contribution in [0.1, 0.15) is 30.9 Å². The Morgan fingerprint density at radius 1 is 1.23 bits per heavy atom. The second-order valence-corrected chi connectivity index (χ2v) is 7.43. The van der Waals surface area contributed by atoms with E-state index in [0.717, 1.165) is 33.0 Å². The van der Waals surface area contributed by atoms with Crippen LogP contribution in [0.3, 0.4) is 0 Å². The molecule has 1 aromatic carbocycles. The van der Waals surface area contributed by atoms with Crippen LogP contribution < -0.4 is 15.5 Å². The van der Waals surface area contributed by atoms with Gasteiger partial charge in [-0.25, -0.2) is 10.4 Å². The van der Waals surface area contributed by atoms with Gasteiger partial charge in [0.15, 0.2) is 0 Å². The number of hydrogen-bond acceptors (Lipinski definition) is 6. The minimum absolute atomic E-state index is 0.0126. The fraction of sp³-hybridized carbons (Fsp3) is 0.333. The van der Waals surface area contributed by atoms with Gasteiger partial charge in [-0.05, 0) is 29.7 Å². The Hall–Kier alpha value is -2.74. The number of nitrogens with zero attached hydrogens (tertiary/aromatic N) is 2. The Morgan fingerprint density at radius 3 is 2.81 bits per heavy atom. The molecule has 2 aliphatic heterocycles. The molecule has 2 N–H and O–H groups in total. The third-order valence-corrected chi connectivity index (χ3v) is 5.58. The second kappa shape index (κ2) is 6.53. The molecule has 1 atom stereocenters. The predicted molar refractivity (Wildman–Crippen MR) is 99.5 cm³/mol. The molecule has 8 heteroatoms. The van der Waals surface area contributed by atoms with Gasteiger partial charge in [0.05, 0.1) is 23.4 Å². The maximum Gasteiger partial charge on any atom is 0.273 e. The van der Waals surface area contributed by atoms with E-state index >= 15 is 0 Å². The zero-order valence-corrected chi connectivity index (χ0v) is 15.3. The summed E-state index contributed by atoms with van der Waals surface area (Å²) in [5.41, 5.74) is 7.16. The first-order chi connectivity index (χ1) is 12.5. The highest BCUT2D eigenvalue weighted by Gasteiger charge is 2.26. The predicted octanol–water partition coefficient (Wildman–Crippen LogP) is 2.56. The average Bonchev–Trinajstić information content (AvgIpc) is 3.10. The number of thiazole rings is 1. The molecule has 0 radical (unpaired) electrons. The third-order valence-electron chi connectivity index (χ3n) is 4.59. The summed E-state index contributed by atoms with van der Waals surface area (Å²) < 4.78 is 5.21. The number of methoxy groups -OCH3 is 1. The summed E-state index contributed by atoms with van der Waals surface area (Å²) in [6.45, 7) is 1.99. The molecular weight excluding hydrogens is 352 g/mol. The summed E-state index contributed by atoms with van der Waals surface area (Å²) >= 11 is 1.42. The third kappa shape index (κ3) is 2.96. The summed E-state index contributed by atoms with van der Waals surface area (Å²) in [4.78, 5) is 28.6. The van der Waals surface area contributed by atoms with E-state index in [0.29, 0.717) is 24.5 Å². The van der Waals surface area contributed by atoms with Crippen molar-refractivity contribution < 1.29 is 14.3 Å². The van der Waals surface area contributed by atoms with Gasteiger partial charge in [0.2, 0.25) is 11.8 Å². The molecule has 0 fully saturated rings. The van der Waals surface area contributed by atoms with Gasteiger partial charge in [-0.3, -0.25) is 9.59 Å². The summed E-state index contributed by atoms with van der Waals surface area (Å²) in [6.07, 6.45) is 3.29. The largest absolute Gasteiger partial charge is 0.473 e. The number of aromatic nitrogens is 1. The number of fused-ring (bicyclic) bond motifs is 1. The second-order valence-electron chi connectivity index (χ2n) is 6.44. The molecule has 1 aromatic heterocycles. The quantitative estimate of drug-likeness (QED) is 0.868. The van der Waals surface area contributed by atoms with Crippen molar-refractivity contribution in [3.05, 3.63) is 29.5 Å². The fourth-order valence-corrected chi connectivity index (χ4v) is 4.07. The number of rotatable bonds is 3. The number of nitrogens with one attached hydrogen (secondary N) is 2. The molecule has 2 aliphatic rings. The summed E-state index contributed by atoms with van der Waals surface area (Å²) in [5.74, 6) is -0.0265. The van der Waals surface area contributed by atoms with Crippen LogP contribution in [0.2, 0.25) is 0 Å². The number of carbonyl (C=O) groups is 2. The van der Waals surface area contributed by atoms with E-state index in [4.69, 9.17) is 4.74 Å². The Balaban J connectivity index is 1.86. The molecule has 1 unspecified atom stereocenters. The molecule has 3 heterocycles. The molecule has 2 amide bonds. The van der Waals surface area contributed by atoms with Crippen LogP contribution in [0.4, 0.5) is 5.69 Å². The zero-order valence-electron chi connectivity index (χ0n) is 14.5. The first kappa shape index (κ1) is 16.7. The van der Waals surface area contributed by atoms with Crippen molar-refractivity contribution >= 4 is 34.6 Å². The molecule has 26 heavy (non-hydrogen) atoms. The molecular formula is C18H18N4O3S. The van der Waals surface area contributed by atoms with Gasteiger partial charge in [-0.2, -0.15) is 5.10 Å². The number of aryl methyl sites for hydroxylation is 1. The van der Waals surface area contributed by atoms with E-state index in [1.54, 1.807) is 13.3 Å². The highest BCUT2D eigenvalue weighted by molar-refractivity contribution is 7.16. The van der Waals surface area contributed by atoms with E-state index in [-0.39, 0.29) is 17.7 Å². The van der Waals surface area contributed by atoms with Crippen molar-refractivity contribution in [3.63, 3.8) is 0 Å². The number of amides is 2. The van der Waals surface area contributed by atoms with Crippen LogP contribution in [0, 0.1) is 5.92 Å². The minimum Gasteiger partial charge on any atom is -0.473 e. The van der Waals surface area contributed by atoms with Crippen LogP contribution in [0.25, 0.3) is 10.4 Å². The van der Waals surface area contributed by atoms with Gasteiger partial charge in [-0.1, -0.05) is 18.3 Å². The molecule has 7 nitrogen and oxygen atoms in total. The van der Waals surface area contributed by atoms with Crippen LogP contribution in [0.15, 0.2) is 23.4 Å². The lowest BCUT2D eigenvalue weighted by Gasteiger charge is -2.24. The van der Waals surface area contributed by atoms with Crippen molar-refractivity contribution in [2.45, 2.75) is 26.2 Å². The highest BCUT2D eigenvalue weighted by atomic mass is 32.1. The Bertz CT molecular complexity index is 935. The number of carbonyl (C=O) groups excluding carboxylic acids is 2. The van der Waals surface area contributed by atoms with Crippen molar-refractivity contribution in [3.8, 4) is 15.6 Å². The summed E-state index contributed by atoms with van der Waals surface area (Å²) in [5, 5.41) is 7.83. The topological polar surface area (TPSA) is 92.7 Å². The van der Waals surface area contributed by atoms with E-state index in [9.17, 15) is 9.59 Å². The molecule has 134 valence electrons. The van der Waals surface area contributed by atoms with Crippen molar-refractivity contribution in [2.75, 3.05) is 12.4 Å². The van der Waals surface area contributed by atoms with E-state index in [2.05, 4.69) is 26.9 Å². The summed E-state index contributed by atoms with van der Waals surface area (Å²) in [7, 11) is 1.58. The van der Waals surface area contributed by atoms with Gasteiger partial charge < -0.3 is 10.1 Å². The first-order valence-corrected chi connectivity index (χ1v) is 9.20. The van der Waals surface area contributed by atoms with Crippen molar-refractivity contribution in [1.82, 2.24) is 10.4 Å². The van der Waals surface area contributed by atoms with Gasteiger partial charge in [0.1, 0.15) is 0 Å². The van der Waals surface area contributed by atoms with Crippen molar-refractivity contribution in [2.24, 2.45) is 11.0 Å². The highest BCUT2D eigenvalue weighted by Crippen LogP contribution is 2.40. The number of benzene rings is 1. The van der Waals surface area contributed by atoms with E-state index in [1.165, 1.54) is 11.3 Å². The number of hydrazone groups is 1. The first-order valence-electron chi connectivity index (χ1n) is 8.39. The SMILES string of the molecule is COc1ncc(-c2cc(C3=NNC(=O)CC3C)cc3c2NC(=O)CC3)s1. The monoisotopic (exact) mass is 370 g/mol. The Labute approximate surface area is 154 Å². The maximum absolute atomic E-state index is 11.9. The average molecular weight is 370 g/mol. The van der Waals surface area contributed by atoms with Crippen LogP contribution in [-0.4, -0.2) is 29.6 Å². The molecule has 0 bridgehead atoms. The van der Waals surface area contributed by atoms with Gasteiger partial charge in [0, 0.05) is 30.5 Å². The lowest BCUT2D eigenvalue weighted by atomic mass is 9.89. The van der Waals surface area contributed by atoms with E-state index in [1.807, 2.05) is 13.0 Å². The summed E-state index contributed by atoms with van der Waals surface area (Å²) in [6, 6.07) is 4.06. The van der Waals surface area contributed by atoms with Gasteiger partial charge in [0.25, 0.3) is 5.19 Å². The smallest absolute Gasteiger partial charge is 0.273 e. The minimum atomic E-state index is -0.0705. The molecule has 0 saturated heterocycles. The molecule has 2 aromatic rings. The molecule has 0 aliphatic carbocycles. The molecule has 4 rings (SSSR count). The lowest BCUT2D eigenvalue weighted by Crippen LogP contribution is -2.32. The van der Waals surface area contributed by atoms with Crippen LogP contribution in [-0.2, 0) is 16.0 Å². The number of hydrogen-bond donors (Lipinski definition) is 2. The van der Waals surface area contributed by atoms with E-state index < -0.39 is 0 Å². The molecule has 0 spiro atoms. The van der Waals surface area contributed by atoms with Crippen LogP contribution in [0.5, 0.6) is 5.19 Å². The van der Waals surface area contributed by atoms with Gasteiger partial charge >= 0.3 is 0 Å². The Kier molecular flexibility index (Phi) is 4.20. The van der Waals surface area contributed by atoms with Gasteiger partial charge in [-0.15, -0.1) is 0 Å². The zero-order chi connectivity index (χ0) is 18.3. The molecule has 0 saturated carbocycles. The number of anilines is 1. The van der Waals surface area contributed by atoms with Crippen LogP contribution >= 0.6 is 11.3 Å². The lowest BCUT2D eigenvalue weighted by molar-refractivity contribution is -0.122. The van der Waals surface area contributed by atoms with Crippen molar-refractivity contribution in [1.29, 1.82) is 0 Å². The number of ether oxygens (including phenoxy) is 1. The maximum atomic E-state index is 11.9. The Morgan fingerprint density at radius 2 is 2.08 bits per heavy atom. The normalized spacial score (nSPS) is 19.3. The fourth-order valence-electron chi connectivity index (χ4n) is 3.32. The standard InChI is InChI=1S/C18H18N4O3S/c1-9-5-15(24)21-22-16(9)11-6-10-3-4-14(23)20-17(10)12(7-11)13-8-19-18(25-2)26-13/h6-9H,3-5H2,1-2H3,(H,20,23)(H,21,24).